The number of para-hydroxylation sites is 1. The van der Waals surface area contributed by atoms with Gasteiger partial charge in [0.05, 0.1) is 6.61 Å². The van der Waals surface area contributed by atoms with Crippen LogP contribution in [0.1, 0.15) is 17.3 Å². The number of esters is 1. The van der Waals surface area contributed by atoms with Crippen LogP contribution >= 0.6 is 8.25 Å². The normalized spacial score (nSPS) is 11.4. The number of hydrogen-bond acceptors (Lipinski definition) is 6. The molecule has 0 radical (unpaired) electrons. The molecule has 1 unspecified atom stereocenters. The maximum atomic E-state index is 11.5. The van der Waals surface area contributed by atoms with Crippen molar-refractivity contribution in [1.82, 2.24) is 0 Å². The van der Waals surface area contributed by atoms with Crippen molar-refractivity contribution in [2.45, 2.75) is 6.92 Å². The topological polar surface area (TPSA) is 99.1 Å². The van der Waals surface area contributed by atoms with E-state index in [1.54, 1.807) is 13.0 Å². The van der Waals surface area contributed by atoms with Crippen molar-refractivity contribution in [2.24, 2.45) is 0 Å². The van der Waals surface area contributed by atoms with Gasteiger partial charge in [0, 0.05) is 0 Å². The number of rotatable bonds is 4. The highest BCUT2D eigenvalue weighted by molar-refractivity contribution is 7.32. The molecule has 18 heavy (non-hydrogen) atoms. The minimum absolute atomic E-state index is 0.0221. The average molecular weight is 274 g/mol. The molecule has 0 spiro atoms. The Balaban J connectivity index is 2.85. The summed E-state index contributed by atoms with van der Waals surface area (Å²) in [4.78, 5) is 30.9. The molecule has 0 saturated carbocycles. The van der Waals surface area contributed by atoms with Gasteiger partial charge < -0.3 is 18.9 Å². The highest BCUT2D eigenvalue weighted by atomic mass is 31.1. The lowest BCUT2D eigenvalue weighted by molar-refractivity contribution is 0.0523. The first-order valence-corrected chi connectivity index (χ1v) is 6.19. The predicted molar refractivity (Wildman–Crippen MR) is 60.7 cm³/mol. The van der Waals surface area contributed by atoms with E-state index in [0.717, 1.165) is 0 Å². The van der Waals surface area contributed by atoms with Crippen molar-refractivity contribution in [3.63, 3.8) is 0 Å². The fourth-order valence-corrected chi connectivity index (χ4v) is 1.30. The van der Waals surface area contributed by atoms with Crippen LogP contribution in [0.5, 0.6) is 5.75 Å². The van der Waals surface area contributed by atoms with Crippen molar-refractivity contribution >= 4 is 20.4 Å². The second kappa shape index (κ2) is 6.78. The highest BCUT2D eigenvalue weighted by Gasteiger charge is 2.17. The van der Waals surface area contributed by atoms with Crippen LogP contribution in [-0.4, -0.2) is 23.6 Å². The molecular formula is C10H11O7P. The standard InChI is InChI=1S/C10H11O7P/c1-2-15-9(11)7-5-3-4-6-8(7)16-10(12)17-18(13)14/h3-6,18H,2H2,1H3,(H,13,14). The maximum Gasteiger partial charge on any atom is 0.520 e. The SMILES string of the molecule is CCOC(=O)c1ccccc1OC(=O)O[PH](=O)O. The Kier molecular flexibility index (Phi) is 5.35. The summed E-state index contributed by atoms with van der Waals surface area (Å²) in [5.41, 5.74) is 0.0221. The minimum Gasteiger partial charge on any atom is -0.462 e. The molecule has 98 valence electrons. The second-order valence-corrected chi connectivity index (χ2v) is 3.67. The lowest BCUT2D eigenvalue weighted by Crippen LogP contribution is -2.11. The summed E-state index contributed by atoms with van der Waals surface area (Å²) < 4.78 is 23.6. The van der Waals surface area contributed by atoms with Crippen LogP contribution in [0.25, 0.3) is 0 Å². The zero-order valence-corrected chi connectivity index (χ0v) is 10.4. The third-order valence-corrected chi connectivity index (χ3v) is 2.09. The Bertz CT molecular complexity index is 471. The number of carbonyl (C=O) groups is 2. The van der Waals surface area contributed by atoms with Crippen molar-refractivity contribution in [3.05, 3.63) is 29.8 Å². The summed E-state index contributed by atoms with van der Waals surface area (Å²) in [5.74, 6) is -0.776. The third-order valence-electron chi connectivity index (χ3n) is 1.75. The molecule has 0 aliphatic carbocycles. The fraction of sp³-hybridized carbons (Fsp3) is 0.200. The predicted octanol–water partition coefficient (Wildman–Crippen LogP) is 1.76. The van der Waals surface area contributed by atoms with Crippen LogP contribution in [-0.2, 0) is 13.8 Å². The summed E-state index contributed by atoms with van der Waals surface area (Å²) >= 11 is 0. The van der Waals surface area contributed by atoms with Crippen molar-refractivity contribution in [2.75, 3.05) is 6.61 Å². The van der Waals surface area contributed by atoms with Gasteiger partial charge in [0.2, 0.25) is 0 Å². The number of ether oxygens (including phenoxy) is 2. The first-order valence-electron chi connectivity index (χ1n) is 4.93. The molecular weight excluding hydrogens is 263 g/mol. The largest absolute Gasteiger partial charge is 0.520 e. The van der Waals surface area contributed by atoms with Gasteiger partial charge in [-0.2, -0.15) is 0 Å². The first kappa shape index (κ1) is 14.2. The number of benzene rings is 1. The minimum atomic E-state index is -3.44. The lowest BCUT2D eigenvalue weighted by Gasteiger charge is -2.08. The number of carbonyl (C=O) groups excluding carboxylic acids is 2. The Hall–Kier alpha value is -1.85. The molecule has 0 amide bonds. The van der Waals surface area contributed by atoms with E-state index in [-0.39, 0.29) is 17.9 Å². The van der Waals surface area contributed by atoms with Gasteiger partial charge in [-0.1, -0.05) is 12.1 Å². The van der Waals surface area contributed by atoms with E-state index >= 15 is 0 Å². The van der Waals surface area contributed by atoms with E-state index in [1.807, 2.05) is 0 Å². The van der Waals surface area contributed by atoms with Crippen molar-refractivity contribution in [3.8, 4) is 5.75 Å². The molecule has 0 fully saturated rings. The molecule has 0 aromatic heterocycles. The molecule has 0 heterocycles. The van der Waals surface area contributed by atoms with Gasteiger partial charge in [0.15, 0.2) is 0 Å². The maximum absolute atomic E-state index is 11.5. The molecule has 0 bridgehead atoms. The van der Waals surface area contributed by atoms with Gasteiger partial charge in [-0.05, 0) is 19.1 Å². The first-order chi connectivity index (χ1) is 8.54. The van der Waals surface area contributed by atoms with E-state index in [1.165, 1.54) is 18.2 Å². The van der Waals surface area contributed by atoms with Gasteiger partial charge in [-0.15, -0.1) is 0 Å². The summed E-state index contributed by atoms with van der Waals surface area (Å²) in [7, 11) is -3.44. The van der Waals surface area contributed by atoms with E-state index < -0.39 is 20.4 Å². The van der Waals surface area contributed by atoms with E-state index in [0.29, 0.717) is 0 Å². The van der Waals surface area contributed by atoms with Crippen LogP contribution in [0.3, 0.4) is 0 Å². The smallest absolute Gasteiger partial charge is 0.462 e. The zero-order valence-electron chi connectivity index (χ0n) is 9.41. The monoisotopic (exact) mass is 274 g/mol. The van der Waals surface area contributed by atoms with Gasteiger partial charge in [0.25, 0.3) is 0 Å². The average Bonchev–Trinajstić information content (AvgIpc) is 2.28. The highest BCUT2D eigenvalue weighted by Crippen LogP contribution is 2.22. The van der Waals surface area contributed by atoms with Crippen LogP contribution in [0, 0.1) is 0 Å². The van der Waals surface area contributed by atoms with Crippen LogP contribution in [0.4, 0.5) is 4.79 Å². The van der Waals surface area contributed by atoms with Gasteiger partial charge in [0.1, 0.15) is 11.3 Å². The Morgan fingerprint density at radius 2 is 2.00 bits per heavy atom. The van der Waals surface area contributed by atoms with E-state index in [9.17, 15) is 14.2 Å². The molecule has 0 saturated heterocycles. The number of hydrogen-bond donors (Lipinski definition) is 1. The second-order valence-electron chi connectivity index (χ2n) is 2.94. The molecule has 1 aromatic carbocycles. The third kappa shape index (κ3) is 4.20. The Labute approximate surface area is 103 Å². The van der Waals surface area contributed by atoms with Crippen LogP contribution < -0.4 is 4.74 Å². The van der Waals surface area contributed by atoms with Crippen molar-refractivity contribution < 1.29 is 33.0 Å². The van der Waals surface area contributed by atoms with Crippen LogP contribution in [0.2, 0.25) is 0 Å². The summed E-state index contributed by atoms with van der Waals surface area (Å²) in [6.45, 7) is 1.80. The lowest BCUT2D eigenvalue weighted by atomic mass is 10.2. The summed E-state index contributed by atoms with van der Waals surface area (Å²) in [6.07, 6.45) is -1.36. The van der Waals surface area contributed by atoms with Gasteiger partial charge in [-0.3, -0.25) is 0 Å². The molecule has 0 aliphatic heterocycles. The molecule has 0 aliphatic rings. The molecule has 1 atom stereocenters. The Morgan fingerprint density at radius 1 is 1.33 bits per heavy atom. The Morgan fingerprint density at radius 3 is 2.61 bits per heavy atom. The molecule has 8 heteroatoms. The van der Waals surface area contributed by atoms with E-state index in [2.05, 4.69) is 9.26 Å². The molecule has 1 aromatic rings. The molecule has 1 rings (SSSR count). The summed E-state index contributed by atoms with van der Waals surface area (Å²) in [5, 5.41) is 0. The molecule has 7 nitrogen and oxygen atoms in total. The van der Waals surface area contributed by atoms with Gasteiger partial charge >= 0.3 is 20.4 Å². The van der Waals surface area contributed by atoms with Crippen LogP contribution in [0.15, 0.2) is 24.3 Å². The van der Waals surface area contributed by atoms with E-state index in [4.69, 9.17) is 9.63 Å². The van der Waals surface area contributed by atoms with Gasteiger partial charge in [-0.25, -0.2) is 14.2 Å². The van der Waals surface area contributed by atoms with Crippen molar-refractivity contribution in [1.29, 1.82) is 0 Å². The zero-order chi connectivity index (χ0) is 13.5. The summed E-state index contributed by atoms with van der Waals surface area (Å²) in [6, 6.07) is 5.80. The molecule has 1 N–H and O–H groups in total. The quantitative estimate of drug-likeness (QED) is 0.507. The fourth-order valence-electron chi connectivity index (χ4n) is 1.12.